The van der Waals surface area contributed by atoms with E-state index in [1.807, 2.05) is 55.5 Å². The van der Waals surface area contributed by atoms with Gasteiger partial charge in [-0.25, -0.2) is 0 Å². The average molecular weight is 393 g/mol. The third-order valence-corrected chi connectivity index (χ3v) is 4.89. The van der Waals surface area contributed by atoms with Crippen molar-refractivity contribution in [1.29, 1.82) is 5.26 Å². The highest BCUT2D eigenvalue weighted by atomic mass is 35.5. The first-order chi connectivity index (χ1) is 13.6. The van der Waals surface area contributed by atoms with Gasteiger partial charge in [0.2, 0.25) is 11.8 Å². The predicted octanol–water partition coefficient (Wildman–Crippen LogP) is 4.17. The van der Waals surface area contributed by atoms with Crippen LogP contribution in [-0.2, 0) is 6.61 Å². The van der Waals surface area contributed by atoms with Gasteiger partial charge in [-0.3, -0.25) is 5.10 Å². The van der Waals surface area contributed by atoms with Crippen LogP contribution >= 0.6 is 11.6 Å². The molecule has 28 heavy (non-hydrogen) atoms. The molecule has 140 valence electrons. The van der Waals surface area contributed by atoms with Crippen molar-refractivity contribution in [3.8, 4) is 17.7 Å². The van der Waals surface area contributed by atoms with Crippen LogP contribution in [0.15, 0.2) is 60.0 Å². The van der Waals surface area contributed by atoms with E-state index in [4.69, 9.17) is 26.8 Å². The molecule has 1 unspecified atom stereocenters. The minimum absolute atomic E-state index is 0.0685. The second-order valence-electron chi connectivity index (χ2n) is 6.48. The molecule has 0 bridgehead atoms. The number of aromatic nitrogens is 2. The molecule has 3 aromatic rings. The monoisotopic (exact) mass is 392 g/mol. The van der Waals surface area contributed by atoms with E-state index in [1.165, 1.54) is 0 Å². The van der Waals surface area contributed by atoms with Gasteiger partial charge in [0.25, 0.3) is 0 Å². The molecule has 2 heterocycles. The maximum Gasteiger partial charge on any atom is 0.244 e. The molecule has 0 saturated heterocycles. The number of hydrogen-bond donors (Lipinski definition) is 2. The number of halogens is 1. The number of nitrogens with one attached hydrogen (secondary N) is 1. The number of rotatable bonds is 4. The van der Waals surface area contributed by atoms with Crippen molar-refractivity contribution in [3.05, 3.63) is 87.4 Å². The molecule has 0 radical (unpaired) electrons. The van der Waals surface area contributed by atoms with E-state index in [1.54, 1.807) is 0 Å². The Bertz CT molecular complexity index is 1100. The number of H-pyrrole nitrogens is 1. The zero-order valence-corrected chi connectivity index (χ0v) is 15.8. The van der Waals surface area contributed by atoms with Crippen LogP contribution in [0.2, 0.25) is 5.02 Å². The highest BCUT2D eigenvalue weighted by Gasteiger charge is 2.34. The summed E-state index contributed by atoms with van der Waals surface area (Å²) in [6.45, 7) is 2.30. The fraction of sp³-hybridized carbons (Fsp3) is 0.143. The Morgan fingerprint density at radius 3 is 2.82 bits per heavy atom. The van der Waals surface area contributed by atoms with Crippen LogP contribution < -0.4 is 15.2 Å². The Balaban J connectivity index is 1.66. The quantitative estimate of drug-likeness (QED) is 0.694. The summed E-state index contributed by atoms with van der Waals surface area (Å²) in [7, 11) is 0. The van der Waals surface area contributed by atoms with Gasteiger partial charge in [0.1, 0.15) is 24.0 Å². The molecule has 0 fully saturated rings. The van der Waals surface area contributed by atoms with Crippen LogP contribution in [0.25, 0.3) is 0 Å². The van der Waals surface area contributed by atoms with Gasteiger partial charge < -0.3 is 15.2 Å². The van der Waals surface area contributed by atoms with Crippen LogP contribution in [-0.4, -0.2) is 10.2 Å². The molecule has 1 aliphatic rings. The lowest BCUT2D eigenvalue weighted by molar-refractivity contribution is 0.306. The number of nitriles is 1. The zero-order chi connectivity index (χ0) is 19.7. The van der Waals surface area contributed by atoms with Crippen molar-refractivity contribution in [2.24, 2.45) is 5.73 Å². The number of nitrogens with two attached hydrogens (primary N) is 1. The molecule has 7 heteroatoms. The minimum Gasteiger partial charge on any atom is -0.489 e. The molecule has 2 aromatic carbocycles. The van der Waals surface area contributed by atoms with Gasteiger partial charge >= 0.3 is 0 Å². The molecule has 3 N–H and O–H groups in total. The molecule has 1 aliphatic heterocycles. The van der Waals surface area contributed by atoms with Gasteiger partial charge in [-0.05, 0) is 42.3 Å². The van der Waals surface area contributed by atoms with E-state index in [0.717, 1.165) is 22.4 Å². The summed E-state index contributed by atoms with van der Waals surface area (Å²) < 4.78 is 11.4. The number of aromatic amines is 1. The second-order valence-corrected chi connectivity index (χ2v) is 6.92. The van der Waals surface area contributed by atoms with E-state index in [0.29, 0.717) is 28.8 Å². The molecular weight excluding hydrogens is 376 g/mol. The van der Waals surface area contributed by atoms with E-state index in [9.17, 15) is 5.26 Å². The van der Waals surface area contributed by atoms with E-state index < -0.39 is 0 Å². The number of ether oxygens (including phenoxy) is 2. The Morgan fingerprint density at radius 2 is 2.07 bits per heavy atom. The molecule has 4 rings (SSSR count). The third-order valence-electron chi connectivity index (χ3n) is 4.64. The lowest BCUT2D eigenvalue weighted by Gasteiger charge is -2.24. The summed E-state index contributed by atoms with van der Waals surface area (Å²) in [5, 5.41) is 17.4. The van der Waals surface area contributed by atoms with Crippen LogP contribution in [0.1, 0.15) is 28.3 Å². The number of aryl methyl sites for hydroxylation is 1. The summed E-state index contributed by atoms with van der Waals surface area (Å²) in [6, 6.07) is 17.3. The van der Waals surface area contributed by atoms with Crippen LogP contribution in [0.3, 0.4) is 0 Å². The van der Waals surface area contributed by atoms with Gasteiger partial charge in [-0.15, -0.1) is 5.10 Å². The Hall–Kier alpha value is -3.43. The summed E-state index contributed by atoms with van der Waals surface area (Å²) in [5.41, 5.74) is 9.84. The highest BCUT2D eigenvalue weighted by Crippen LogP contribution is 2.43. The van der Waals surface area contributed by atoms with Crippen molar-refractivity contribution in [3.63, 3.8) is 0 Å². The normalized spacial score (nSPS) is 15.5. The van der Waals surface area contributed by atoms with E-state index >= 15 is 0 Å². The molecule has 1 atom stereocenters. The average Bonchev–Trinajstić information content (AvgIpc) is 3.07. The third kappa shape index (κ3) is 3.28. The first-order valence-corrected chi connectivity index (χ1v) is 9.04. The number of nitrogens with zero attached hydrogens (tertiary/aromatic N) is 2. The molecular formula is C21H17ClN4O2. The van der Waals surface area contributed by atoms with Gasteiger partial charge in [-0.1, -0.05) is 35.9 Å². The molecule has 0 aliphatic carbocycles. The van der Waals surface area contributed by atoms with Gasteiger partial charge in [0, 0.05) is 16.3 Å². The number of fused-ring (bicyclic) bond motifs is 1. The number of benzene rings is 2. The summed E-state index contributed by atoms with van der Waals surface area (Å²) in [6.07, 6.45) is 0. The van der Waals surface area contributed by atoms with Crippen LogP contribution in [0.4, 0.5) is 0 Å². The predicted molar refractivity (Wildman–Crippen MR) is 105 cm³/mol. The Kier molecular flexibility index (Phi) is 4.68. The standard InChI is InChI=1S/C21H17ClN4O2/c1-12-18-19(17(10-23)20(24)28-21(18)26-25-12)14-3-2-4-16(9-14)27-11-13-5-7-15(22)8-6-13/h2-9,19H,11,24H2,1H3,(H,25,26). The molecule has 0 spiro atoms. The zero-order valence-electron chi connectivity index (χ0n) is 15.1. The summed E-state index contributed by atoms with van der Waals surface area (Å²) in [5.74, 6) is 0.787. The number of hydrogen-bond acceptors (Lipinski definition) is 5. The molecule has 6 nitrogen and oxygen atoms in total. The van der Waals surface area contributed by atoms with Gasteiger partial charge in [0.05, 0.1) is 5.92 Å². The lowest BCUT2D eigenvalue weighted by atomic mass is 9.84. The largest absolute Gasteiger partial charge is 0.489 e. The van der Waals surface area contributed by atoms with Crippen molar-refractivity contribution in [2.45, 2.75) is 19.4 Å². The SMILES string of the molecule is Cc1[nH]nc2c1C(c1cccc(OCc3ccc(Cl)cc3)c1)C(C#N)=C(N)O2. The van der Waals surface area contributed by atoms with Crippen LogP contribution in [0, 0.1) is 18.3 Å². The van der Waals surface area contributed by atoms with E-state index in [-0.39, 0.29) is 11.8 Å². The van der Waals surface area contributed by atoms with E-state index in [2.05, 4.69) is 16.3 Å². The fourth-order valence-electron chi connectivity index (χ4n) is 3.26. The summed E-state index contributed by atoms with van der Waals surface area (Å²) in [4.78, 5) is 0. The molecule has 0 saturated carbocycles. The van der Waals surface area contributed by atoms with Crippen LogP contribution in [0.5, 0.6) is 11.6 Å². The van der Waals surface area contributed by atoms with Gasteiger partial charge in [-0.2, -0.15) is 5.26 Å². The first-order valence-electron chi connectivity index (χ1n) is 8.66. The summed E-state index contributed by atoms with van der Waals surface area (Å²) >= 11 is 5.92. The number of allylic oxidation sites excluding steroid dienone is 1. The van der Waals surface area contributed by atoms with Crippen molar-refractivity contribution < 1.29 is 9.47 Å². The van der Waals surface area contributed by atoms with Crippen molar-refractivity contribution >= 4 is 11.6 Å². The second kappa shape index (κ2) is 7.29. The minimum atomic E-state index is -0.369. The van der Waals surface area contributed by atoms with Crippen molar-refractivity contribution in [1.82, 2.24) is 10.2 Å². The first kappa shape index (κ1) is 18.0. The maximum absolute atomic E-state index is 9.65. The Morgan fingerprint density at radius 1 is 1.29 bits per heavy atom. The smallest absolute Gasteiger partial charge is 0.244 e. The fourth-order valence-corrected chi connectivity index (χ4v) is 3.39. The van der Waals surface area contributed by atoms with Crippen molar-refractivity contribution in [2.75, 3.05) is 0 Å². The molecule has 0 amide bonds. The van der Waals surface area contributed by atoms with Gasteiger partial charge in [0.15, 0.2) is 0 Å². The molecule has 1 aromatic heterocycles. The highest BCUT2D eigenvalue weighted by molar-refractivity contribution is 6.30. The maximum atomic E-state index is 9.65. The Labute approximate surface area is 167 Å². The lowest BCUT2D eigenvalue weighted by Crippen LogP contribution is -2.21. The topological polar surface area (TPSA) is 97.0 Å².